The Morgan fingerprint density at radius 2 is 2.29 bits per heavy atom. The van der Waals surface area contributed by atoms with Crippen LogP contribution in [0.5, 0.6) is 0 Å². The maximum absolute atomic E-state index is 8.88. The Kier molecular flexibility index (Phi) is 3.42. The van der Waals surface area contributed by atoms with E-state index in [1.165, 1.54) is 0 Å². The molecule has 0 bridgehead atoms. The van der Waals surface area contributed by atoms with E-state index in [0.717, 1.165) is 11.1 Å². The number of hydrogen-bond acceptors (Lipinski definition) is 5. The van der Waals surface area contributed by atoms with E-state index in [0.29, 0.717) is 10.9 Å². The smallest absolute Gasteiger partial charge is 0.258 e. The van der Waals surface area contributed by atoms with Gasteiger partial charge in [-0.25, -0.2) is 0 Å². The topological polar surface area (TPSA) is 85.2 Å². The summed E-state index contributed by atoms with van der Waals surface area (Å²) < 4.78 is 5.06. The monoisotopic (exact) mass is 253 g/mol. The molecular formula is C11H12ClN3O2. The first kappa shape index (κ1) is 12.0. The number of aromatic nitrogens is 2. The normalized spacial score (nSPS) is 12.7. The molecule has 2 rings (SSSR count). The highest BCUT2D eigenvalue weighted by molar-refractivity contribution is 6.31. The average molecular weight is 254 g/mol. The fraction of sp³-hybridized carbons (Fsp3) is 0.273. The van der Waals surface area contributed by atoms with Crippen LogP contribution in [0.15, 0.2) is 22.7 Å². The molecule has 17 heavy (non-hydrogen) atoms. The summed E-state index contributed by atoms with van der Waals surface area (Å²) in [6.45, 7) is 1.68. The summed E-state index contributed by atoms with van der Waals surface area (Å²) >= 11 is 6.01. The molecule has 1 unspecified atom stereocenters. The van der Waals surface area contributed by atoms with Gasteiger partial charge in [0.05, 0.1) is 12.6 Å². The molecule has 3 N–H and O–H groups in total. The average Bonchev–Trinajstić information content (AvgIpc) is 2.81. The second kappa shape index (κ2) is 4.83. The number of rotatable bonds is 3. The number of hydrogen-bond donors (Lipinski definition) is 2. The van der Waals surface area contributed by atoms with E-state index in [9.17, 15) is 0 Å². The summed E-state index contributed by atoms with van der Waals surface area (Å²) in [6.07, 6.45) is 0. The van der Waals surface area contributed by atoms with Crippen LogP contribution >= 0.6 is 11.6 Å². The van der Waals surface area contributed by atoms with Gasteiger partial charge < -0.3 is 15.4 Å². The van der Waals surface area contributed by atoms with Gasteiger partial charge in [0.2, 0.25) is 0 Å². The largest absolute Gasteiger partial charge is 0.394 e. The van der Waals surface area contributed by atoms with Crippen molar-refractivity contribution in [3.05, 3.63) is 34.6 Å². The third kappa shape index (κ3) is 2.46. The molecule has 2 aromatic rings. The van der Waals surface area contributed by atoms with Gasteiger partial charge in [-0.3, -0.25) is 0 Å². The predicted octanol–water partition coefficient (Wildman–Crippen LogP) is 1.69. The number of nitrogens with zero attached hydrogens (tertiary/aromatic N) is 2. The molecule has 0 saturated carbocycles. The number of aliphatic hydroxyl groups excluding tert-OH is 1. The van der Waals surface area contributed by atoms with Gasteiger partial charge in [0.15, 0.2) is 5.82 Å². The number of nitrogens with two attached hydrogens (primary N) is 1. The van der Waals surface area contributed by atoms with E-state index in [-0.39, 0.29) is 12.4 Å². The highest BCUT2D eigenvalue weighted by atomic mass is 35.5. The Balaban J connectivity index is 2.33. The molecule has 1 aromatic carbocycles. The molecule has 5 nitrogen and oxygen atoms in total. The molecule has 0 aliphatic heterocycles. The third-order valence-electron chi connectivity index (χ3n) is 2.39. The molecule has 6 heteroatoms. The summed E-state index contributed by atoms with van der Waals surface area (Å²) in [5.74, 6) is 0.616. The zero-order valence-electron chi connectivity index (χ0n) is 9.22. The van der Waals surface area contributed by atoms with E-state index >= 15 is 0 Å². The van der Waals surface area contributed by atoms with Gasteiger partial charge in [0, 0.05) is 10.6 Å². The van der Waals surface area contributed by atoms with Gasteiger partial charge in [-0.2, -0.15) is 4.98 Å². The lowest BCUT2D eigenvalue weighted by molar-refractivity contribution is 0.260. The van der Waals surface area contributed by atoms with E-state index in [4.69, 9.17) is 27.0 Å². The van der Waals surface area contributed by atoms with Gasteiger partial charge in [-0.15, -0.1) is 0 Å². The van der Waals surface area contributed by atoms with Crippen molar-refractivity contribution in [3.63, 3.8) is 0 Å². The Bertz CT molecular complexity index is 527. The van der Waals surface area contributed by atoms with Crippen molar-refractivity contribution in [2.45, 2.75) is 13.0 Å². The molecule has 0 aliphatic rings. The highest BCUT2D eigenvalue weighted by Gasteiger charge is 2.14. The van der Waals surface area contributed by atoms with Gasteiger partial charge in [0.1, 0.15) is 0 Å². The molecule has 0 saturated heterocycles. The molecule has 0 aliphatic carbocycles. The molecule has 1 aromatic heterocycles. The van der Waals surface area contributed by atoms with Crippen LogP contribution in [0.4, 0.5) is 0 Å². The van der Waals surface area contributed by atoms with Crippen LogP contribution in [0.3, 0.4) is 0 Å². The lowest BCUT2D eigenvalue weighted by atomic mass is 10.1. The zero-order valence-corrected chi connectivity index (χ0v) is 9.98. The number of aryl methyl sites for hydroxylation is 1. The zero-order chi connectivity index (χ0) is 12.4. The molecule has 1 atom stereocenters. The van der Waals surface area contributed by atoms with Crippen LogP contribution in [-0.4, -0.2) is 21.9 Å². The molecule has 0 spiro atoms. The van der Waals surface area contributed by atoms with Gasteiger partial charge in [0.25, 0.3) is 5.89 Å². The van der Waals surface area contributed by atoms with Gasteiger partial charge in [-0.1, -0.05) is 22.8 Å². The fourth-order valence-corrected chi connectivity index (χ4v) is 1.49. The lowest BCUT2D eigenvalue weighted by Crippen LogP contribution is -2.15. The predicted molar refractivity (Wildman–Crippen MR) is 63.5 cm³/mol. The van der Waals surface area contributed by atoms with Crippen LogP contribution in [-0.2, 0) is 0 Å². The molecule has 1 heterocycles. The Morgan fingerprint density at radius 1 is 1.53 bits per heavy atom. The van der Waals surface area contributed by atoms with Crippen LogP contribution in [0.1, 0.15) is 17.4 Å². The minimum atomic E-state index is -0.631. The van der Waals surface area contributed by atoms with Gasteiger partial charge in [-0.05, 0) is 24.6 Å². The Labute approximate surface area is 103 Å². The molecule has 90 valence electrons. The number of halogens is 1. The second-order valence-corrected chi connectivity index (χ2v) is 4.12. The van der Waals surface area contributed by atoms with Crippen molar-refractivity contribution in [2.24, 2.45) is 5.73 Å². The summed E-state index contributed by atoms with van der Waals surface area (Å²) in [5.41, 5.74) is 7.28. The van der Waals surface area contributed by atoms with E-state index in [1.54, 1.807) is 6.07 Å². The van der Waals surface area contributed by atoms with Gasteiger partial charge >= 0.3 is 0 Å². The first-order valence-corrected chi connectivity index (χ1v) is 5.46. The molecule has 0 radical (unpaired) electrons. The first-order chi connectivity index (χ1) is 8.11. The van der Waals surface area contributed by atoms with Crippen molar-refractivity contribution in [1.29, 1.82) is 0 Å². The lowest BCUT2D eigenvalue weighted by Gasteiger charge is -2.00. The fourth-order valence-electron chi connectivity index (χ4n) is 1.31. The van der Waals surface area contributed by atoms with E-state index in [1.807, 2.05) is 19.1 Å². The van der Waals surface area contributed by atoms with Crippen molar-refractivity contribution in [2.75, 3.05) is 6.61 Å². The van der Waals surface area contributed by atoms with Crippen molar-refractivity contribution >= 4 is 11.6 Å². The maximum atomic E-state index is 8.88. The van der Waals surface area contributed by atoms with Crippen LogP contribution in [0.2, 0.25) is 5.02 Å². The minimum absolute atomic E-state index is 0.229. The molecule has 0 fully saturated rings. The second-order valence-electron chi connectivity index (χ2n) is 3.71. The van der Waals surface area contributed by atoms with Crippen LogP contribution < -0.4 is 5.73 Å². The minimum Gasteiger partial charge on any atom is -0.394 e. The summed E-state index contributed by atoms with van der Waals surface area (Å²) in [4.78, 5) is 4.10. The van der Waals surface area contributed by atoms with Crippen molar-refractivity contribution in [3.8, 4) is 11.5 Å². The number of aliphatic hydroxyl groups is 1. The van der Waals surface area contributed by atoms with Crippen LogP contribution in [0, 0.1) is 6.92 Å². The molecule has 0 amide bonds. The summed E-state index contributed by atoms with van der Waals surface area (Å²) in [5, 5.41) is 13.2. The summed E-state index contributed by atoms with van der Waals surface area (Å²) in [6, 6.07) is 4.82. The number of benzene rings is 1. The summed E-state index contributed by atoms with van der Waals surface area (Å²) in [7, 11) is 0. The van der Waals surface area contributed by atoms with Crippen molar-refractivity contribution in [1.82, 2.24) is 10.1 Å². The standard InChI is InChI=1S/C11H12ClN3O2/c1-6-2-3-7(4-8(6)12)11-14-10(15-17-11)9(13)5-16/h2-4,9,16H,5,13H2,1H3. The Hall–Kier alpha value is -1.43. The van der Waals surface area contributed by atoms with E-state index < -0.39 is 6.04 Å². The molecular weight excluding hydrogens is 242 g/mol. The maximum Gasteiger partial charge on any atom is 0.258 e. The quantitative estimate of drug-likeness (QED) is 0.869. The highest BCUT2D eigenvalue weighted by Crippen LogP contribution is 2.24. The Morgan fingerprint density at radius 3 is 2.94 bits per heavy atom. The van der Waals surface area contributed by atoms with E-state index in [2.05, 4.69) is 10.1 Å². The third-order valence-corrected chi connectivity index (χ3v) is 2.80. The van der Waals surface area contributed by atoms with Crippen molar-refractivity contribution < 1.29 is 9.63 Å². The van der Waals surface area contributed by atoms with Crippen LogP contribution in [0.25, 0.3) is 11.5 Å². The first-order valence-electron chi connectivity index (χ1n) is 5.08. The SMILES string of the molecule is Cc1ccc(-c2nc(C(N)CO)no2)cc1Cl.